The Morgan fingerprint density at radius 2 is 0.446 bits per heavy atom. The fourth-order valence-electron chi connectivity index (χ4n) is 10.5. The van der Waals surface area contributed by atoms with Crippen LogP contribution in [0.2, 0.25) is 0 Å². The smallest absolute Gasteiger partial charge is 0.0785 e. The summed E-state index contributed by atoms with van der Waals surface area (Å²) in [6.45, 7) is 15.8. The van der Waals surface area contributed by atoms with Gasteiger partial charge in [0.05, 0.1) is 8.52 Å². The first-order valence-corrected chi connectivity index (χ1v) is 37.1. The second-order valence-electron chi connectivity index (χ2n) is 24.9. The second kappa shape index (κ2) is 86.3. The lowest BCUT2D eigenvalue weighted by Gasteiger charge is -2.24. The predicted octanol–water partition coefficient (Wildman–Crippen LogP) is 29.4. The minimum Gasteiger partial charge on any atom is -0.306 e. The van der Waals surface area contributed by atoms with Crippen molar-refractivity contribution in [3.8, 4) is 0 Å². The lowest BCUT2D eigenvalue weighted by molar-refractivity contribution is 0.251. The van der Waals surface area contributed by atoms with Gasteiger partial charge in [0.2, 0.25) is 0 Å². The molecule has 0 N–H and O–H groups in total. The number of allylic oxidation sites excluding steroid dienone is 16. The van der Waals surface area contributed by atoms with Gasteiger partial charge in [0.25, 0.3) is 0 Å². The molecular weight excluding hydrogens is 1010 g/mol. The monoisotopic (exact) mass is 1160 g/mol. The topological polar surface area (TPSA) is 3.24 Å². The molecule has 0 aromatic rings. The van der Waals surface area contributed by atoms with Gasteiger partial charge in [-0.3, -0.25) is 4.39 Å². The van der Waals surface area contributed by atoms with Crippen LogP contribution in [0.4, 0.5) is 4.39 Å². The molecule has 1 nitrogen and oxygen atoms in total. The molecule has 0 spiro atoms. The molecular formula is C81H154FN. The molecule has 2 heteroatoms. The van der Waals surface area contributed by atoms with E-state index in [-0.39, 0.29) is 0 Å². The summed E-state index contributed by atoms with van der Waals surface area (Å²) in [7, 11) is 3.58. The molecule has 0 aliphatic heterocycles. The number of rotatable bonds is 61. The molecule has 0 aromatic carbocycles. The second-order valence-corrected chi connectivity index (χ2v) is 24.9. The Morgan fingerprint density at radius 1 is 0.277 bits per heavy atom. The Hall–Kier alpha value is -2.19. The van der Waals surface area contributed by atoms with Gasteiger partial charge in [0.15, 0.2) is 0 Å². The molecule has 0 amide bonds. The maximum atomic E-state index is 9.96. The van der Waals surface area contributed by atoms with Crippen LogP contribution < -0.4 is 0 Å². The summed E-state index contributed by atoms with van der Waals surface area (Å²) in [5, 5.41) is 0. The van der Waals surface area contributed by atoms with E-state index in [1.54, 1.807) is 0 Å². The van der Waals surface area contributed by atoms with E-state index in [0.29, 0.717) is 0 Å². The molecule has 0 bridgehead atoms. The standard InChI is InChI=1S/C39H73N.C38H70.C3H8.CH3F/c1-5-7-9-11-13-15-17-19-21-23-25-27-29-31-33-35-37-39(40(3)4)38-36-34-32-30-28-26-24-22-20-18-16-14-12-10-8-6-2;1-4-6-8-10-12-14-16-18-20-22-24-26-28-30-32-34-36-38(3)37-35-33-31-29-27-25-23-21-19-17-15-13-11-9-7-5-2;1-3-2;1-2/h13-16,19-22,39H,5-12,17-18,23-38H2,1-4H3;12-15,18-21,38H,4-11,16-17,22-37H2,1-3H3;3H2,1-2H3;1H3/b15-13-,16-14-,21-19-,22-20-;14-12-,15-13-,20-18-,21-19-;;/i;;;1D. The number of unbranched alkanes of at least 4 members (excludes halogenated alkanes) is 36. The number of hydrogen-bond donors (Lipinski definition) is 0. The molecule has 0 unspecified atom stereocenters. The first-order chi connectivity index (χ1) is 41.4. The quantitative estimate of drug-likeness (QED) is 0.0433. The maximum absolute atomic E-state index is 9.96. The molecule has 83 heavy (non-hydrogen) atoms. The van der Waals surface area contributed by atoms with Gasteiger partial charge in [0, 0.05) is 6.04 Å². The third-order valence-corrected chi connectivity index (χ3v) is 16.0. The normalized spacial score (nSPS) is 12.3. The highest BCUT2D eigenvalue weighted by atomic mass is 19.1. The van der Waals surface area contributed by atoms with Crippen molar-refractivity contribution >= 4 is 0 Å². The molecule has 0 radical (unpaired) electrons. The van der Waals surface area contributed by atoms with Crippen LogP contribution >= 0.6 is 0 Å². The number of hydrogen-bond acceptors (Lipinski definition) is 1. The van der Waals surface area contributed by atoms with E-state index in [1.807, 2.05) is 0 Å². The zero-order chi connectivity index (χ0) is 62.2. The molecule has 0 saturated carbocycles. The van der Waals surface area contributed by atoms with Crippen LogP contribution in [0.3, 0.4) is 0 Å². The van der Waals surface area contributed by atoms with Gasteiger partial charge in [-0.25, -0.2) is 0 Å². The fraction of sp³-hybridized carbons (Fsp3) is 0.802. The van der Waals surface area contributed by atoms with Crippen molar-refractivity contribution in [2.24, 2.45) is 5.92 Å². The number of halogens is 1. The first kappa shape index (κ1) is 85.0. The molecule has 0 atom stereocenters. The van der Waals surface area contributed by atoms with Crippen LogP contribution in [0.5, 0.6) is 0 Å². The Balaban J connectivity index is -0.000000696. The van der Waals surface area contributed by atoms with Gasteiger partial charge in [-0.15, -0.1) is 0 Å². The van der Waals surface area contributed by atoms with E-state index in [9.17, 15) is 4.39 Å². The molecule has 0 heterocycles. The van der Waals surface area contributed by atoms with Crippen molar-refractivity contribution in [3.05, 3.63) is 97.2 Å². The van der Waals surface area contributed by atoms with Crippen LogP contribution in [0, 0.1) is 5.92 Å². The highest BCUT2D eigenvalue weighted by Crippen LogP contribution is 2.20. The average molecular weight is 1160 g/mol. The molecule has 0 aromatic heterocycles. The summed E-state index contributed by atoms with van der Waals surface area (Å²) in [5.74, 6) is 0.937. The van der Waals surface area contributed by atoms with Crippen LogP contribution in [-0.2, 0) is 0 Å². The maximum Gasteiger partial charge on any atom is 0.0785 e. The third-order valence-electron chi connectivity index (χ3n) is 16.0. The van der Waals surface area contributed by atoms with E-state index < -0.39 is 7.15 Å². The van der Waals surface area contributed by atoms with Crippen LogP contribution in [0.1, 0.15) is 390 Å². The summed E-state index contributed by atoms with van der Waals surface area (Å²) < 4.78 is 15.5. The third kappa shape index (κ3) is 88.7. The Labute approximate surface area is 527 Å². The largest absolute Gasteiger partial charge is 0.306 e. The van der Waals surface area contributed by atoms with Gasteiger partial charge in [-0.2, -0.15) is 0 Å². The summed E-state index contributed by atoms with van der Waals surface area (Å²) in [4.78, 5) is 2.49. The zero-order valence-corrected chi connectivity index (χ0v) is 58.4. The van der Waals surface area contributed by atoms with Crippen LogP contribution in [-0.4, -0.2) is 32.2 Å². The Morgan fingerprint density at radius 3 is 0.639 bits per heavy atom. The lowest BCUT2D eigenvalue weighted by Crippen LogP contribution is -2.27. The highest BCUT2D eigenvalue weighted by Gasteiger charge is 2.10. The highest BCUT2D eigenvalue weighted by molar-refractivity contribution is 4.95. The summed E-state index contributed by atoms with van der Waals surface area (Å²) in [6.07, 6.45) is 110. The van der Waals surface area contributed by atoms with Gasteiger partial charge in [-0.1, -0.05) is 345 Å². The van der Waals surface area contributed by atoms with Crippen molar-refractivity contribution in [1.82, 2.24) is 4.90 Å². The van der Waals surface area contributed by atoms with E-state index in [4.69, 9.17) is 1.37 Å². The Kier molecular flexibility index (Phi) is 88.3. The SMILES string of the molecule is CCC.CCCCC/C=C\C/C=C\CCCCCCCCC(C)CCCCCCCC/C=C\C/C=C\CCCCC.CCCCC/C=C\C/C=C\CCCCCCCCC(CCCCCCCC/C=C\C/C=C\CCCCC)N(C)C.[2H]CF. The van der Waals surface area contributed by atoms with Crippen molar-refractivity contribution < 1.29 is 5.76 Å². The van der Waals surface area contributed by atoms with E-state index in [2.05, 4.69) is 165 Å². The van der Waals surface area contributed by atoms with Crippen molar-refractivity contribution in [3.63, 3.8) is 0 Å². The van der Waals surface area contributed by atoms with Crippen LogP contribution in [0.25, 0.3) is 0 Å². The molecule has 0 aliphatic carbocycles. The molecule has 0 rings (SSSR count). The van der Waals surface area contributed by atoms with Gasteiger partial charge >= 0.3 is 0 Å². The van der Waals surface area contributed by atoms with Gasteiger partial charge in [0.1, 0.15) is 0 Å². The van der Waals surface area contributed by atoms with E-state index in [0.717, 1.165) is 37.6 Å². The Bertz CT molecular complexity index is 1270. The molecule has 490 valence electrons. The van der Waals surface area contributed by atoms with E-state index >= 15 is 0 Å². The average Bonchev–Trinajstić information content (AvgIpc) is 3.49. The van der Waals surface area contributed by atoms with E-state index in [1.165, 1.54) is 315 Å². The predicted molar refractivity (Wildman–Crippen MR) is 386 cm³/mol. The van der Waals surface area contributed by atoms with Gasteiger partial charge < -0.3 is 4.90 Å². The lowest BCUT2D eigenvalue weighted by atomic mass is 9.96. The number of nitrogens with zero attached hydrogens (tertiary/aromatic N) is 1. The fourth-order valence-corrected chi connectivity index (χ4v) is 10.5. The minimum atomic E-state index is -1.00. The summed E-state index contributed by atoms with van der Waals surface area (Å²) >= 11 is 0. The van der Waals surface area contributed by atoms with Crippen molar-refractivity contribution in [2.45, 2.75) is 395 Å². The van der Waals surface area contributed by atoms with Crippen molar-refractivity contribution in [2.75, 3.05) is 21.2 Å². The molecule has 0 fully saturated rings. The molecule has 0 aliphatic rings. The van der Waals surface area contributed by atoms with Gasteiger partial charge in [-0.05, 0) is 161 Å². The summed E-state index contributed by atoms with van der Waals surface area (Å²) in [5.41, 5.74) is 0. The molecule has 0 saturated heterocycles. The summed E-state index contributed by atoms with van der Waals surface area (Å²) in [6, 6.07) is 0.789. The van der Waals surface area contributed by atoms with Crippen LogP contribution in [0.15, 0.2) is 97.2 Å². The first-order valence-electron chi connectivity index (χ1n) is 37.8. The number of alkyl halides is 1. The zero-order valence-electron chi connectivity index (χ0n) is 59.4. The van der Waals surface area contributed by atoms with Crippen molar-refractivity contribution in [1.29, 1.82) is 0 Å². The minimum absolute atomic E-state index is 0.789.